The summed E-state index contributed by atoms with van der Waals surface area (Å²) in [4.78, 5) is 0. The van der Waals surface area contributed by atoms with Gasteiger partial charge in [0.2, 0.25) is 0 Å². The standard InChI is InChI=1S/C13H15NO/c1-9-7-15-8-12-13(9)10-5-3-4-6-11(10)14(12)2/h3-6,9H,7-8H2,1-2H3. The van der Waals surface area contributed by atoms with Gasteiger partial charge in [0, 0.05) is 29.6 Å². The largest absolute Gasteiger partial charge is 0.375 e. The number of nitrogens with zero attached hydrogens (tertiary/aromatic N) is 1. The second-order valence-electron chi connectivity index (χ2n) is 4.35. The number of aryl methyl sites for hydroxylation is 1. The van der Waals surface area contributed by atoms with Crippen LogP contribution in [0.5, 0.6) is 0 Å². The fraction of sp³-hybridized carbons (Fsp3) is 0.385. The molecule has 0 amide bonds. The van der Waals surface area contributed by atoms with Gasteiger partial charge in [-0.25, -0.2) is 0 Å². The molecule has 0 aliphatic carbocycles. The normalized spacial score (nSPS) is 20.5. The summed E-state index contributed by atoms with van der Waals surface area (Å²) in [6.07, 6.45) is 0. The number of aromatic nitrogens is 1. The summed E-state index contributed by atoms with van der Waals surface area (Å²) in [5.41, 5.74) is 4.15. The molecule has 0 saturated carbocycles. The average molecular weight is 201 g/mol. The van der Waals surface area contributed by atoms with Crippen molar-refractivity contribution in [2.75, 3.05) is 6.61 Å². The van der Waals surface area contributed by atoms with Gasteiger partial charge < -0.3 is 9.30 Å². The first-order valence-electron chi connectivity index (χ1n) is 5.43. The molecule has 0 saturated heterocycles. The summed E-state index contributed by atoms with van der Waals surface area (Å²) in [5, 5.41) is 1.39. The fourth-order valence-electron chi connectivity index (χ4n) is 2.62. The molecule has 3 rings (SSSR count). The van der Waals surface area contributed by atoms with E-state index >= 15 is 0 Å². The molecule has 1 aromatic carbocycles. The summed E-state index contributed by atoms with van der Waals surface area (Å²) in [6, 6.07) is 8.61. The molecule has 2 heteroatoms. The Balaban J connectivity index is 2.41. The summed E-state index contributed by atoms with van der Waals surface area (Å²) in [6.45, 7) is 3.84. The Morgan fingerprint density at radius 3 is 3.00 bits per heavy atom. The van der Waals surface area contributed by atoms with Crippen molar-refractivity contribution in [2.45, 2.75) is 19.4 Å². The number of rotatable bonds is 0. The molecule has 15 heavy (non-hydrogen) atoms. The van der Waals surface area contributed by atoms with Crippen LogP contribution < -0.4 is 0 Å². The quantitative estimate of drug-likeness (QED) is 0.639. The first-order chi connectivity index (χ1) is 7.29. The Labute approximate surface area is 89.5 Å². The maximum absolute atomic E-state index is 5.60. The van der Waals surface area contributed by atoms with Gasteiger partial charge in [-0.3, -0.25) is 0 Å². The summed E-state index contributed by atoms with van der Waals surface area (Å²) in [7, 11) is 2.13. The van der Waals surface area contributed by atoms with Crippen LogP contribution in [-0.4, -0.2) is 11.2 Å². The minimum absolute atomic E-state index is 0.514. The van der Waals surface area contributed by atoms with E-state index in [1.807, 2.05) is 0 Å². The lowest BCUT2D eigenvalue weighted by Crippen LogP contribution is -2.15. The van der Waals surface area contributed by atoms with E-state index in [2.05, 4.69) is 42.8 Å². The molecule has 1 unspecified atom stereocenters. The lowest BCUT2D eigenvalue weighted by Gasteiger charge is -2.20. The van der Waals surface area contributed by atoms with Crippen LogP contribution in [0.25, 0.3) is 10.9 Å². The Morgan fingerprint density at radius 2 is 2.13 bits per heavy atom. The van der Waals surface area contributed by atoms with E-state index in [-0.39, 0.29) is 0 Å². The van der Waals surface area contributed by atoms with Crippen LogP contribution >= 0.6 is 0 Å². The van der Waals surface area contributed by atoms with Crippen LogP contribution in [0.1, 0.15) is 24.1 Å². The van der Waals surface area contributed by atoms with E-state index < -0.39 is 0 Å². The van der Waals surface area contributed by atoms with Gasteiger partial charge >= 0.3 is 0 Å². The van der Waals surface area contributed by atoms with Crippen molar-refractivity contribution >= 4 is 10.9 Å². The van der Waals surface area contributed by atoms with Gasteiger partial charge in [-0.1, -0.05) is 25.1 Å². The molecule has 78 valence electrons. The molecule has 1 aliphatic heterocycles. The minimum Gasteiger partial charge on any atom is -0.375 e. The van der Waals surface area contributed by atoms with Gasteiger partial charge in [-0.05, 0) is 11.6 Å². The highest BCUT2D eigenvalue weighted by molar-refractivity contribution is 5.86. The zero-order valence-corrected chi connectivity index (χ0v) is 9.16. The van der Waals surface area contributed by atoms with E-state index in [0.29, 0.717) is 5.92 Å². The van der Waals surface area contributed by atoms with E-state index in [0.717, 1.165) is 13.2 Å². The third-order valence-corrected chi connectivity index (χ3v) is 3.37. The smallest absolute Gasteiger partial charge is 0.0871 e. The molecule has 1 aliphatic rings. The van der Waals surface area contributed by atoms with Crippen LogP contribution in [0.3, 0.4) is 0 Å². The Bertz CT molecular complexity index is 512. The molecule has 0 radical (unpaired) electrons. The third-order valence-electron chi connectivity index (χ3n) is 3.37. The highest BCUT2D eigenvalue weighted by Crippen LogP contribution is 2.34. The van der Waals surface area contributed by atoms with Crippen molar-refractivity contribution < 1.29 is 4.74 Å². The van der Waals surface area contributed by atoms with Crippen molar-refractivity contribution in [3.05, 3.63) is 35.5 Å². The van der Waals surface area contributed by atoms with Gasteiger partial charge in [0.1, 0.15) is 0 Å². The van der Waals surface area contributed by atoms with E-state index in [1.165, 1.54) is 22.2 Å². The molecule has 2 aromatic rings. The number of hydrogen-bond acceptors (Lipinski definition) is 1. The molecule has 2 nitrogen and oxygen atoms in total. The molecule has 0 spiro atoms. The summed E-state index contributed by atoms with van der Waals surface area (Å²) >= 11 is 0. The lowest BCUT2D eigenvalue weighted by atomic mass is 9.97. The molecule has 0 bridgehead atoms. The molecule has 0 N–H and O–H groups in total. The number of ether oxygens (including phenoxy) is 1. The Morgan fingerprint density at radius 1 is 1.33 bits per heavy atom. The van der Waals surface area contributed by atoms with Crippen molar-refractivity contribution in [3.63, 3.8) is 0 Å². The number of hydrogen-bond donors (Lipinski definition) is 0. The monoisotopic (exact) mass is 201 g/mol. The zero-order chi connectivity index (χ0) is 10.4. The average Bonchev–Trinajstić information content (AvgIpc) is 2.55. The molecule has 1 aromatic heterocycles. The van der Waals surface area contributed by atoms with Crippen molar-refractivity contribution in [2.24, 2.45) is 7.05 Å². The van der Waals surface area contributed by atoms with E-state index in [1.54, 1.807) is 0 Å². The summed E-state index contributed by atoms with van der Waals surface area (Å²) < 4.78 is 7.86. The van der Waals surface area contributed by atoms with Gasteiger partial charge in [0.25, 0.3) is 0 Å². The predicted molar refractivity (Wildman–Crippen MR) is 61.0 cm³/mol. The predicted octanol–water partition coefficient (Wildman–Crippen LogP) is 2.81. The van der Waals surface area contributed by atoms with Gasteiger partial charge in [-0.2, -0.15) is 0 Å². The number of fused-ring (bicyclic) bond motifs is 3. The third kappa shape index (κ3) is 1.15. The topological polar surface area (TPSA) is 14.2 Å². The van der Waals surface area contributed by atoms with Crippen LogP contribution in [0.15, 0.2) is 24.3 Å². The SMILES string of the molecule is CC1COCc2c1c1ccccc1n2C. The fourth-order valence-corrected chi connectivity index (χ4v) is 2.62. The molecule has 0 fully saturated rings. The maximum Gasteiger partial charge on any atom is 0.0871 e. The second kappa shape index (κ2) is 3.11. The van der Waals surface area contributed by atoms with E-state index in [9.17, 15) is 0 Å². The molecule has 1 atom stereocenters. The Kier molecular flexibility index (Phi) is 1.86. The van der Waals surface area contributed by atoms with Crippen molar-refractivity contribution in [1.82, 2.24) is 4.57 Å². The minimum atomic E-state index is 0.514. The van der Waals surface area contributed by atoms with Gasteiger partial charge in [-0.15, -0.1) is 0 Å². The number of benzene rings is 1. The zero-order valence-electron chi connectivity index (χ0n) is 9.16. The van der Waals surface area contributed by atoms with Gasteiger partial charge in [0.15, 0.2) is 0 Å². The van der Waals surface area contributed by atoms with Crippen LogP contribution in [0.2, 0.25) is 0 Å². The molecule has 2 heterocycles. The highest BCUT2D eigenvalue weighted by Gasteiger charge is 2.23. The van der Waals surface area contributed by atoms with Gasteiger partial charge in [0.05, 0.1) is 13.2 Å². The molecular weight excluding hydrogens is 186 g/mol. The van der Waals surface area contributed by atoms with Crippen molar-refractivity contribution in [1.29, 1.82) is 0 Å². The second-order valence-corrected chi connectivity index (χ2v) is 4.35. The summed E-state index contributed by atoms with van der Waals surface area (Å²) in [5.74, 6) is 0.514. The first kappa shape index (κ1) is 8.98. The first-order valence-corrected chi connectivity index (χ1v) is 5.43. The van der Waals surface area contributed by atoms with E-state index in [4.69, 9.17) is 4.74 Å². The maximum atomic E-state index is 5.60. The lowest BCUT2D eigenvalue weighted by molar-refractivity contribution is 0.0911. The number of para-hydroxylation sites is 1. The van der Waals surface area contributed by atoms with Crippen molar-refractivity contribution in [3.8, 4) is 0 Å². The van der Waals surface area contributed by atoms with Crippen LogP contribution in [0.4, 0.5) is 0 Å². The Hall–Kier alpha value is -1.28. The molecular formula is C13H15NO. The highest BCUT2D eigenvalue weighted by atomic mass is 16.5. The van der Waals surface area contributed by atoms with Crippen LogP contribution in [0, 0.1) is 0 Å². The van der Waals surface area contributed by atoms with Crippen LogP contribution in [-0.2, 0) is 18.4 Å².